The average molecular weight is 214 g/mol. The van der Waals surface area contributed by atoms with Crippen LogP contribution in [0.3, 0.4) is 0 Å². The molecular weight excluding hydrogens is 188 g/mol. The SMILES string of the molecule is CCCC(C)(CN)N1CCC(OC)CC1. The number of hydrogen-bond acceptors (Lipinski definition) is 3. The zero-order chi connectivity index (χ0) is 11.3. The van der Waals surface area contributed by atoms with E-state index in [1.807, 2.05) is 7.11 Å². The molecule has 1 unspecified atom stereocenters. The Bertz CT molecular complexity index is 178. The standard InChI is InChI=1S/C12H26N2O/c1-4-7-12(2,10-13)14-8-5-11(15-3)6-9-14/h11H,4-10,13H2,1-3H3. The van der Waals surface area contributed by atoms with Crippen LogP contribution in [0.2, 0.25) is 0 Å². The van der Waals surface area contributed by atoms with E-state index in [4.69, 9.17) is 10.5 Å². The van der Waals surface area contributed by atoms with Gasteiger partial charge >= 0.3 is 0 Å². The quantitative estimate of drug-likeness (QED) is 0.755. The summed E-state index contributed by atoms with van der Waals surface area (Å²) in [7, 11) is 1.81. The maximum absolute atomic E-state index is 5.92. The van der Waals surface area contributed by atoms with Gasteiger partial charge in [-0.05, 0) is 26.2 Å². The van der Waals surface area contributed by atoms with E-state index in [-0.39, 0.29) is 5.54 Å². The third-order valence-electron chi connectivity index (χ3n) is 3.77. The summed E-state index contributed by atoms with van der Waals surface area (Å²) in [5.41, 5.74) is 6.12. The first-order valence-corrected chi connectivity index (χ1v) is 6.14. The number of nitrogens with two attached hydrogens (primary N) is 1. The fourth-order valence-electron chi connectivity index (χ4n) is 2.56. The van der Waals surface area contributed by atoms with Crippen LogP contribution in [0.1, 0.15) is 39.5 Å². The molecule has 1 aliphatic rings. The van der Waals surface area contributed by atoms with Crippen molar-refractivity contribution < 1.29 is 4.74 Å². The molecule has 0 spiro atoms. The van der Waals surface area contributed by atoms with Crippen molar-refractivity contribution in [3.8, 4) is 0 Å². The summed E-state index contributed by atoms with van der Waals surface area (Å²) in [6.07, 6.45) is 5.16. The van der Waals surface area contributed by atoms with Crippen LogP contribution in [0, 0.1) is 0 Å². The molecule has 1 atom stereocenters. The Kier molecular flexibility index (Phi) is 5.03. The highest BCUT2D eigenvalue weighted by Crippen LogP contribution is 2.25. The molecule has 90 valence electrons. The minimum atomic E-state index is 0.202. The van der Waals surface area contributed by atoms with Gasteiger partial charge in [0.15, 0.2) is 0 Å². The van der Waals surface area contributed by atoms with Gasteiger partial charge in [-0.1, -0.05) is 13.3 Å². The molecule has 2 N–H and O–H groups in total. The summed E-state index contributed by atoms with van der Waals surface area (Å²) in [6, 6.07) is 0. The molecule has 1 fully saturated rings. The lowest BCUT2D eigenvalue weighted by Crippen LogP contribution is -2.55. The van der Waals surface area contributed by atoms with Gasteiger partial charge in [-0.3, -0.25) is 4.90 Å². The van der Waals surface area contributed by atoms with Crippen molar-refractivity contribution in [3.63, 3.8) is 0 Å². The first kappa shape index (κ1) is 12.9. The van der Waals surface area contributed by atoms with Gasteiger partial charge in [-0.25, -0.2) is 0 Å². The molecule has 0 saturated carbocycles. The van der Waals surface area contributed by atoms with E-state index in [1.165, 1.54) is 12.8 Å². The average Bonchev–Trinajstić information content (AvgIpc) is 2.29. The third-order valence-corrected chi connectivity index (χ3v) is 3.77. The molecule has 3 nitrogen and oxygen atoms in total. The second kappa shape index (κ2) is 5.83. The molecule has 1 saturated heterocycles. The molecule has 0 aliphatic carbocycles. The normalized spacial score (nSPS) is 24.0. The van der Waals surface area contributed by atoms with Gasteiger partial charge in [0, 0.05) is 32.3 Å². The Morgan fingerprint density at radius 1 is 1.40 bits per heavy atom. The summed E-state index contributed by atoms with van der Waals surface area (Å²) >= 11 is 0. The van der Waals surface area contributed by atoms with Crippen LogP contribution < -0.4 is 5.73 Å². The second-order valence-corrected chi connectivity index (χ2v) is 4.87. The monoisotopic (exact) mass is 214 g/mol. The number of piperidine rings is 1. The molecule has 0 aromatic rings. The van der Waals surface area contributed by atoms with E-state index in [0.717, 1.165) is 32.5 Å². The smallest absolute Gasteiger partial charge is 0.0595 e. The van der Waals surface area contributed by atoms with Crippen LogP contribution in [-0.2, 0) is 4.74 Å². The van der Waals surface area contributed by atoms with Gasteiger partial charge in [0.1, 0.15) is 0 Å². The van der Waals surface area contributed by atoms with E-state index in [1.54, 1.807) is 0 Å². The van der Waals surface area contributed by atoms with Crippen molar-refractivity contribution in [2.24, 2.45) is 5.73 Å². The predicted octanol–water partition coefficient (Wildman–Crippen LogP) is 1.61. The number of ether oxygens (including phenoxy) is 1. The summed E-state index contributed by atoms with van der Waals surface area (Å²) in [4.78, 5) is 2.55. The van der Waals surface area contributed by atoms with Gasteiger partial charge in [-0.2, -0.15) is 0 Å². The number of nitrogens with zero attached hydrogens (tertiary/aromatic N) is 1. The number of hydrogen-bond donors (Lipinski definition) is 1. The molecule has 0 aromatic heterocycles. The van der Waals surface area contributed by atoms with Crippen molar-refractivity contribution in [2.75, 3.05) is 26.7 Å². The molecule has 1 rings (SSSR count). The minimum Gasteiger partial charge on any atom is -0.381 e. The Morgan fingerprint density at radius 3 is 2.40 bits per heavy atom. The number of methoxy groups -OCH3 is 1. The third kappa shape index (κ3) is 3.16. The number of rotatable bonds is 5. The van der Waals surface area contributed by atoms with Crippen molar-refractivity contribution >= 4 is 0 Å². The first-order chi connectivity index (χ1) is 7.16. The lowest BCUT2D eigenvalue weighted by atomic mass is 9.91. The highest BCUT2D eigenvalue weighted by molar-refractivity contribution is 4.89. The van der Waals surface area contributed by atoms with Gasteiger partial charge in [0.05, 0.1) is 6.10 Å². The maximum atomic E-state index is 5.92. The van der Waals surface area contributed by atoms with Crippen LogP contribution in [0.4, 0.5) is 0 Å². The lowest BCUT2D eigenvalue weighted by Gasteiger charge is -2.44. The zero-order valence-corrected chi connectivity index (χ0v) is 10.5. The molecule has 1 aliphatic heterocycles. The first-order valence-electron chi connectivity index (χ1n) is 6.14. The van der Waals surface area contributed by atoms with E-state index >= 15 is 0 Å². The second-order valence-electron chi connectivity index (χ2n) is 4.87. The predicted molar refractivity (Wildman–Crippen MR) is 64.0 cm³/mol. The van der Waals surface area contributed by atoms with Crippen molar-refractivity contribution in [3.05, 3.63) is 0 Å². The van der Waals surface area contributed by atoms with Crippen molar-refractivity contribution in [1.82, 2.24) is 4.90 Å². The van der Waals surface area contributed by atoms with Crippen molar-refractivity contribution in [2.45, 2.75) is 51.2 Å². The molecule has 3 heteroatoms. The molecule has 1 heterocycles. The topological polar surface area (TPSA) is 38.5 Å². The highest BCUT2D eigenvalue weighted by atomic mass is 16.5. The van der Waals surface area contributed by atoms with E-state index in [0.29, 0.717) is 6.10 Å². The van der Waals surface area contributed by atoms with Crippen molar-refractivity contribution in [1.29, 1.82) is 0 Å². The summed E-state index contributed by atoms with van der Waals surface area (Å²) in [6.45, 7) is 7.55. The fourth-order valence-corrected chi connectivity index (χ4v) is 2.56. The van der Waals surface area contributed by atoms with Crippen LogP contribution >= 0.6 is 0 Å². The Balaban J connectivity index is 2.49. The molecule has 15 heavy (non-hydrogen) atoms. The molecular formula is C12H26N2O. The van der Waals surface area contributed by atoms with Crippen LogP contribution in [-0.4, -0.2) is 43.3 Å². The molecule has 0 aromatic carbocycles. The fraction of sp³-hybridized carbons (Fsp3) is 1.00. The molecule has 0 amide bonds. The van der Waals surface area contributed by atoms with E-state index < -0.39 is 0 Å². The summed E-state index contributed by atoms with van der Waals surface area (Å²) in [5.74, 6) is 0. The Labute approximate surface area is 94.0 Å². The maximum Gasteiger partial charge on any atom is 0.0595 e. The van der Waals surface area contributed by atoms with Gasteiger partial charge < -0.3 is 10.5 Å². The van der Waals surface area contributed by atoms with Crippen LogP contribution in [0.25, 0.3) is 0 Å². The van der Waals surface area contributed by atoms with E-state index in [9.17, 15) is 0 Å². The van der Waals surface area contributed by atoms with Crippen LogP contribution in [0.5, 0.6) is 0 Å². The highest BCUT2D eigenvalue weighted by Gasteiger charge is 2.32. The zero-order valence-electron chi connectivity index (χ0n) is 10.5. The lowest BCUT2D eigenvalue weighted by molar-refractivity contribution is 0.000723. The molecule has 0 bridgehead atoms. The van der Waals surface area contributed by atoms with E-state index in [2.05, 4.69) is 18.7 Å². The number of likely N-dealkylation sites (tertiary alicyclic amines) is 1. The van der Waals surface area contributed by atoms with Gasteiger partial charge in [0.2, 0.25) is 0 Å². The van der Waals surface area contributed by atoms with Gasteiger partial charge in [-0.15, -0.1) is 0 Å². The van der Waals surface area contributed by atoms with Gasteiger partial charge in [0.25, 0.3) is 0 Å². The van der Waals surface area contributed by atoms with Crippen LogP contribution in [0.15, 0.2) is 0 Å². The minimum absolute atomic E-state index is 0.202. The summed E-state index contributed by atoms with van der Waals surface area (Å²) in [5, 5.41) is 0. The Hall–Kier alpha value is -0.120. The Morgan fingerprint density at radius 2 is 2.00 bits per heavy atom. The summed E-state index contributed by atoms with van der Waals surface area (Å²) < 4.78 is 5.39. The molecule has 0 radical (unpaired) electrons. The largest absolute Gasteiger partial charge is 0.381 e.